The maximum absolute atomic E-state index is 13.1. The summed E-state index contributed by atoms with van der Waals surface area (Å²) in [6, 6.07) is 6.52. The van der Waals surface area contributed by atoms with Gasteiger partial charge in [0, 0.05) is 6.04 Å². The van der Waals surface area contributed by atoms with Crippen LogP contribution < -0.4 is 19.5 Å². The number of anilines is 1. The molecule has 0 spiro atoms. The summed E-state index contributed by atoms with van der Waals surface area (Å²) in [7, 11) is 1.52. The molecule has 0 saturated carbocycles. The standard InChI is InChI=1S/C21H20F3N3O3/c1-11(13-5-4-6-14(9-13)21(22,23)24)25-20-15-10-16(28-3)18-19(30-8-7-29-18)17(15)26-12(2)27-20/h4-6,9-11H,7-8H2,1-3H3,(H,25,26,27)/t11-/m1/s1. The van der Waals surface area contributed by atoms with E-state index < -0.39 is 17.8 Å². The first kappa shape index (κ1) is 20.1. The number of fused-ring (bicyclic) bond motifs is 3. The average molecular weight is 419 g/mol. The van der Waals surface area contributed by atoms with Gasteiger partial charge in [-0.3, -0.25) is 0 Å². The van der Waals surface area contributed by atoms with Crippen LogP contribution in [-0.4, -0.2) is 30.3 Å². The van der Waals surface area contributed by atoms with E-state index in [-0.39, 0.29) is 0 Å². The second-order valence-electron chi connectivity index (χ2n) is 6.94. The molecule has 1 N–H and O–H groups in total. The molecule has 0 saturated heterocycles. The number of aryl methyl sites for hydroxylation is 1. The molecule has 0 unspecified atom stereocenters. The van der Waals surface area contributed by atoms with E-state index in [0.29, 0.717) is 58.6 Å². The number of halogens is 3. The summed E-state index contributed by atoms with van der Waals surface area (Å²) in [5.74, 6) is 2.38. The molecule has 1 aliphatic heterocycles. The van der Waals surface area contributed by atoms with Crippen LogP contribution in [0.25, 0.3) is 10.9 Å². The molecule has 6 nitrogen and oxygen atoms in total. The van der Waals surface area contributed by atoms with Crippen molar-refractivity contribution < 1.29 is 27.4 Å². The second kappa shape index (κ2) is 7.55. The van der Waals surface area contributed by atoms with Crippen molar-refractivity contribution >= 4 is 16.7 Å². The molecule has 158 valence electrons. The van der Waals surface area contributed by atoms with Gasteiger partial charge >= 0.3 is 6.18 Å². The number of nitrogens with zero attached hydrogens (tertiary/aromatic N) is 2. The third-order valence-electron chi connectivity index (χ3n) is 4.84. The van der Waals surface area contributed by atoms with Crippen molar-refractivity contribution in [3.05, 3.63) is 47.3 Å². The van der Waals surface area contributed by atoms with Crippen LogP contribution in [0.15, 0.2) is 30.3 Å². The van der Waals surface area contributed by atoms with E-state index in [9.17, 15) is 13.2 Å². The number of nitrogens with one attached hydrogen (secondary N) is 1. The maximum Gasteiger partial charge on any atom is 0.416 e. The number of rotatable bonds is 4. The van der Waals surface area contributed by atoms with Crippen LogP contribution in [-0.2, 0) is 6.18 Å². The van der Waals surface area contributed by atoms with Gasteiger partial charge in [-0.25, -0.2) is 9.97 Å². The quantitative estimate of drug-likeness (QED) is 0.648. The van der Waals surface area contributed by atoms with Gasteiger partial charge in [0.2, 0.25) is 5.75 Å². The van der Waals surface area contributed by atoms with Gasteiger partial charge in [0.15, 0.2) is 11.5 Å². The number of methoxy groups -OCH3 is 1. The zero-order valence-corrected chi connectivity index (χ0v) is 16.6. The molecule has 1 atom stereocenters. The third-order valence-corrected chi connectivity index (χ3v) is 4.84. The summed E-state index contributed by atoms with van der Waals surface area (Å²) in [4.78, 5) is 8.96. The lowest BCUT2D eigenvalue weighted by Crippen LogP contribution is -2.17. The molecule has 0 aliphatic carbocycles. The van der Waals surface area contributed by atoms with Crippen LogP contribution in [0.1, 0.15) is 29.9 Å². The molecule has 0 bridgehead atoms. The molecule has 0 amide bonds. The first-order valence-corrected chi connectivity index (χ1v) is 9.36. The SMILES string of the molecule is COc1cc2c(N[C@H](C)c3cccc(C(F)(F)F)c3)nc(C)nc2c2c1OCCO2. The minimum absolute atomic E-state index is 0.377. The normalized spacial score (nSPS) is 14.5. The molecule has 3 aromatic rings. The Hall–Kier alpha value is -3.23. The topological polar surface area (TPSA) is 65.5 Å². The van der Waals surface area contributed by atoms with Gasteiger partial charge in [-0.15, -0.1) is 0 Å². The van der Waals surface area contributed by atoms with Crippen molar-refractivity contribution in [1.29, 1.82) is 0 Å². The van der Waals surface area contributed by atoms with Gasteiger partial charge in [-0.2, -0.15) is 13.2 Å². The Balaban J connectivity index is 1.78. The lowest BCUT2D eigenvalue weighted by atomic mass is 10.0. The molecule has 2 aromatic carbocycles. The molecular formula is C21H20F3N3O3. The zero-order valence-electron chi connectivity index (χ0n) is 16.6. The summed E-state index contributed by atoms with van der Waals surface area (Å²) in [6.07, 6.45) is -4.41. The fourth-order valence-corrected chi connectivity index (χ4v) is 3.40. The molecule has 9 heteroatoms. The van der Waals surface area contributed by atoms with Gasteiger partial charge in [-0.1, -0.05) is 12.1 Å². The van der Waals surface area contributed by atoms with E-state index >= 15 is 0 Å². The number of ether oxygens (including phenoxy) is 3. The molecule has 2 heterocycles. The maximum atomic E-state index is 13.1. The van der Waals surface area contributed by atoms with Crippen molar-refractivity contribution in [3.8, 4) is 17.2 Å². The van der Waals surface area contributed by atoms with E-state index in [1.807, 2.05) is 0 Å². The highest BCUT2D eigenvalue weighted by Gasteiger charge is 2.31. The van der Waals surface area contributed by atoms with E-state index in [2.05, 4.69) is 15.3 Å². The Morgan fingerprint density at radius 2 is 1.83 bits per heavy atom. The van der Waals surface area contributed by atoms with Crippen molar-refractivity contribution in [2.24, 2.45) is 0 Å². The number of alkyl halides is 3. The van der Waals surface area contributed by atoms with Crippen LogP contribution in [0.3, 0.4) is 0 Å². The van der Waals surface area contributed by atoms with Crippen LogP contribution in [0.2, 0.25) is 0 Å². The number of hydrogen-bond donors (Lipinski definition) is 1. The number of aromatic nitrogens is 2. The third kappa shape index (κ3) is 3.67. The van der Waals surface area contributed by atoms with Crippen LogP contribution in [0.4, 0.5) is 19.0 Å². The van der Waals surface area contributed by atoms with E-state index in [4.69, 9.17) is 14.2 Å². The van der Waals surface area contributed by atoms with E-state index in [0.717, 1.165) is 12.1 Å². The second-order valence-corrected chi connectivity index (χ2v) is 6.94. The Labute approximate surface area is 171 Å². The zero-order chi connectivity index (χ0) is 21.5. The summed E-state index contributed by atoms with van der Waals surface area (Å²) < 4.78 is 56.2. The largest absolute Gasteiger partial charge is 0.493 e. The van der Waals surface area contributed by atoms with E-state index in [1.165, 1.54) is 13.2 Å². The van der Waals surface area contributed by atoms with Gasteiger partial charge in [-0.05, 0) is 37.6 Å². The average Bonchev–Trinajstić information content (AvgIpc) is 2.72. The molecule has 0 radical (unpaired) electrons. The summed E-state index contributed by atoms with van der Waals surface area (Å²) >= 11 is 0. The van der Waals surface area contributed by atoms with Gasteiger partial charge < -0.3 is 19.5 Å². The van der Waals surface area contributed by atoms with Gasteiger partial charge in [0.1, 0.15) is 30.4 Å². The van der Waals surface area contributed by atoms with Crippen molar-refractivity contribution in [3.63, 3.8) is 0 Å². The van der Waals surface area contributed by atoms with Crippen LogP contribution >= 0.6 is 0 Å². The highest BCUT2D eigenvalue weighted by Crippen LogP contribution is 2.46. The van der Waals surface area contributed by atoms with Crippen molar-refractivity contribution in [2.75, 3.05) is 25.6 Å². The summed E-state index contributed by atoms with van der Waals surface area (Å²) in [5.41, 5.74) is 0.342. The highest BCUT2D eigenvalue weighted by atomic mass is 19.4. The summed E-state index contributed by atoms with van der Waals surface area (Å²) in [5, 5.41) is 3.83. The summed E-state index contributed by atoms with van der Waals surface area (Å²) in [6.45, 7) is 4.28. The molecular weight excluding hydrogens is 399 g/mol. The lowest BCUT2D eigenvalue weighted by molar-refractivity contribution is -0.137. The van der Waals surface area contributed by atoms with Gasteiger partial charge in [0.05, 0.1) is 18.1 Å². The predicted octanol–water partition coefficient (Wildman–Crippen LogP) is 4.91. The molecule has 1 aromatic heterocycles. The van der Waals surface area contributed by atoms with Gasteiger partial charge in [0.25, 0.3) is 0 Å². The lowest BCUT2D eigenvalue weighted by Gasteiger charge is -2.23. The number of benzene rings is 2. The molecule has 1 aliphatic rings. The monoisotopic (exact) mass is 419 g/mol. The Morgan fingerprint density at radius 1 is 1.10 bits per heavy atom. The predicted molar refractivity (Wildman–Crippen MR) is 105 cm³/mol. The van der Waals surface area contributed by atoms with Crippen molar-refractivity contribution in [2.45, 2.75) is 26.1 Å². The first-order chi connectivity index (χ1) is 14.3. The molecule has 0 fully saturated rings. The Kier molecular flexibility index (Phi) is 5.05. The molecule has 4 rings (SSSR count). The minimum Gasteiger partial charge on any atom is -0.493 e. The van der Waals surface area contributed by atoms with E-state index in [1.54, 1.807) is 26.0 Å². The Morgan fingerprint density at radius 3 is 2.53 bits per heavy atom. The number of hydrogen-bond acceptors (Lipinski definition) is 6. The molecule has 30 heavy (non-hydrogen) atoms. The minimum atomic E-state index is -4.41. The van der Waals surface area contributed by atoms with Crippen LogP contribution in [0, 0.1) is 6.92 Å². The fraction of sp³-hybridized carbons (Fsp3) is 0.333. The Bertz CT molecular complexity index is 1100. The smallest absolute Gasteiger partial charge is 0.416 e. The highest BCUT2D eigenvalue weighted by molar-refractivity contribution is 5.97. The van der Waals surface area contributed by atoms with Crippen LogP contribution in [0.5, 0.6) is 17.2 Å². The fourth-order valence-electron chi connectivity index (χ4n) is 3.40. The van der Waals surface area contributed by atoms with Crippen molar-refractivity contribution in [1.82, 2.24) is 9.97 Å². The first-order valence-electron chi connectivity index (χ1n) is 9.36.